The van der Waals surface area contributed by atoms with Gasteiger partial charge >= 0.3 is 5.69 Å². The van der Waals surface area contributed by atoms with Crippen LogP contribution in [0.25, 0.3) is 0 Å². The highest BCUT2D eigenvalue weighted by atomic mass is 35.5. The van der Waals surface area contributed by atoms with Crippen LogP contribution >= 0.6 is 11.6 Å². The van der Waals surface area contributed by atoms with Gasteiger partial charge in [-0.15, -0.1) is 0 Å². The van der Waals surface area contributed by atoms with Crippen LogP contribution < -0.4 is 11.2 Å². The van der Waals surface area contributed by atoms with Gasteiger partial charge in [-0.3, -0.25) is 14.3 Å². The Kier molecular flexibility index (Phi) is 3.41. The summed E-state index contributed by atoms with van der Waals surface area (Å²) in [5, 5.41) is 0.149. The van der Waals surface area contributed by atoms with Gasteiger partial charge < -0.3 is 0 Å². The molecule has 1 aromatic heterocycles. The molecule has 1 unspecified atom stereocenters. The van der Waals surface area contributed by atoms with Crippen LogP contribution in [-0.2, 0) is 0 Å². The molecule has 0 aromatic carbocycles. The fourth-order valence-corrected chi connectivity index (χ4v) is 2.99. The Morgan fingerprint density at radius 1 is 1.39 bits per heavy atom. The van der Waals surface area contributed by atoms with Gasteiger partial charge in [0, 0.05) is 11.6 Å². The Bertz CT molecular complexity index is 571. The van der Waals surface area contributed by atoms with E-state index in [2.05, 4.69) is 18.8 Å². The maximum atomic E-state index is 12.2. The largest absolute Gasteiger partial charge is 0.329 e. The summed E-state index contributed by atoms with van der Waals surface area (Å²) in [5.41, 5.74) is -0.0492. The van der Waals surface area contributed by atoms with E-state index in [1.807, 2.05) is 0 Å². The minimum atomic E-state index is -0.390. The lowest BCUT2D eigenvalue weighted by Crippen LogP contribution is -2.42. The van der Waals surface area contributed by atoms with Gasteiger partial charge in [0.05, 0.1) is 0 Å². The molecule has 0 spiro atoms. The number of hydrogen-bond acceptors (Lipinski definition) is 2. The van der Waals surface area contributed by atoms with Gasteiger partial charge in [0.1, 0.15) is 5.15 Å². The third kappa shape index (κ3) is 2.39. The molecule has 5 heteroatoms. The van der Waals surface area contributed by atoms with Crippen LogP contribution in [0, 0.1) is 12.3 Å². The van der Waals surface area contributed by atoms with Gasteiger partial charge in [-0.1, -0.05) is 31.9 Å². The highest BCUT2D eigenvalue weighted by Crippen LogP contribution is 2.39. The Labute approximate surface area is 111 Å². The summed E-state index contributed by atoms with van der Waals surface area (Å²) in [6, 6.07) is -0.0130. The molecule has 1 atom stereocenters. The maximum Gasteiger partial charge on any atom is 0.329 e. The fourth-order valence-electron chi connectivity index (χ4n) is 2.82. The summed E-state index contributed by atoms with van der Waals surface area (Å²) in [6.07, 6.45) is 3.93. The molecule has 0 radical (unpaired) electrons. The van der Waals surface area contributed by atoms with Crippen molar-refractivity contribution in [2.45, 2.75) is 52.5 Å². The smallest absolute Gasteiger partial charge is 0.297 e. The third-order valence-electron chi connectivity index (χ3n) is 3.85. The van der Waals surface area contributed by atoms with Crippen molar-refractivity contribution in [3.63, 3.8) is 0 Å². The second kappa shape index (κ2) is 4.57. The van der Waals surface area contributed by atoms with E-state index in [1.165, 1.54) is 4.57 Å². The zero-order chi connectivity index (χ0) is 13.5. The van der Waals surface area contributed by atoms with E-state index < -0.39 is 5.69 Å². The van der Waals surface area contributed by atoms with E-state index in [0.717, 1.165) is 25.7 Å². The number of halogens is 1. The second-order valence-corrected chi connectivity index (χ2v) is 6.34. The number of aromatic amines is 1. The summed E-state index contributed by atoms with van der Waals surface area (Å²) in [7, 11) is 0. The monoisotopic (exact) mass is 270 g/mol. The molecule has 1 fully saturated rings. The molecule has 1 aliphatic carbocycles. The molecular formula is C13H19ClN2O2. The second-order valence-electron chi connectivity index (χ2n) is 5.96. The van der Waals surface area contributed by atoms with E-state index in [9.17, 15) is 9.59 Å². The van der Waals surface area contributed by atoms with E-state index >= 15 is 0 Å². The zero-order valence-corrected chi connectivity index (χ0v) is 11.8. The molecule has 2 rings (SSSR count). The first kappa shape index (κ1) is 13.4. The normalized spacial score (nSPS) is 23.0. The molecule has 18 heavy (non-hydrogen) atoms. The Morgan fingerprint density at radius 3 is 2.67 bits per heavy atom. The van der Waals surface area contributed by atoms with Crippen molar-refractivity contribution >= 4 is 11.6 Å². The standard InChI is InChI=1S/C13H19ClN2O2/c1-8-10(14)15-12(18)16(11(8)17)9-5-4-6-13(2,3)7-9/h9H,4-7H2,1-3H3,(H,15,18). The van der Waals surface area contributed by atoms with Crippen molar-refractivity contribution in [1.82, 2.24) is 9.55 Å². The Hall–Kier alpha value is -1.03. The molecule has 0 aliphatic heterocycles. The first-order valence-corrected chi connectivity index (χ1v) is 6.70. The van der Waals surface area contributed by atoms with Crippen LogP contribution in [0.3, 0.4) is 0 Å². The SMILES string of the molecule is Cc1c(Cl)[nH]c(=O)n(C2CCCC(C)(C)C2)c1=O. The molecule has 4 nitrogen and oxygen atoms in total. The minimum Gasteiger partial charge on any atom is -0.297 e. The molecule has 0 bridgehead atoms. The Balaban J connectivity index is 2.49. The number of H-pyrrole nitrogens is 1. The molecular weight excluding hydrogens is 252 g/mol. The third-order valence-corrected chi connectivity index (χ3v) is 4.23. The molecule has 1 aromatic rings. The van der Waals surface area contributed by atoms with Crippen molar-refractivity contribution in [2.24, 2.45) is 5.41 Å². The summed E-state index contributed by atoms with van der Waals surface area (Å²) in [4.78, 5) is 26.7. The lowest BCUT2D eigenvalue weighted by molar-refractivity contribution is 0.177. The van der Waals surface area contributed by atoms with Gasteiger partial charge in [0.25, 0.3) is 5.56 Å². The molecule has 0 amide bonds. The van der Waals surface area contributed by atoms with E-state index in [1.54, 1.807) is 6.92 Å². The summed E-state index contributed by atoms with van der Waals surface area (Å²) < 4.78 is 1.35. The van der Waals surface area contributed by atoms with Crippen molar-refractivity contribution in [3.8, 4) is 0 Å². The predicted octanol–water partition coefficient (Wildman–Crippen LogP) is 2.64. The quantitative estimate of drug-likeness (QED) is 0.798. The van der Waals surface area contributed by atoms with Crippen LogP contribution in [0.15, 0.2) is 9.59 Å². The van der Waals surface area contributed by atoms with Crippen LogP contribution in [0.4, 0.5) is 0 Å². The maximum absolute atomic E-state index is 12.2. The number of nitrogens with zero attached hydrogens (tertiary/aromatic N) is 1. The summed E-state index contributed by atoms with van der Waals surface area (Å²) in [6.45, 7) is 6.01. The van der Waals surface area contributed by atoms with Crippen LogP contribution in [0.2, 0.25) is 5.15 Å². The lowest BCUT2D eigenvalue weighted by Gasteiger charge is -2.35. The van der Waals surface area contributed by atoms with Gasteiger partial charge in [0.2, 0.25) is 0 Å². The van der Waals surface area contributed by atoms with Crippen LogP contribution in [0.5, 0.6) is 0 Å². The lowest BCUT2D eigenvalue weighted by atomic mass is 9.75. The van der Waals surface area contributed by atoms with Crippen molar-refractivity contribution < 1.29 is 0 Å². The molecule has 1 heterocycles. The topological polar surface area (TPSA) is 54.9 Å². The highest BCUT2D eigenvalue weighted by molar-refractivity contribution is 6.30. The number of hydrogen-bond donors (Lipinski definition) is 1. The van der Waals surface area contributed by atoms with Gasteiger partial charge in [-0.2, -0.15) is 0 Å². The molecule has 1 saturated carbocycles. The Morgan fingerprint density at radius 2 is 2.06 bits per heavy atom. The summed E-state index contributed by atoms with van der Waals surface area (Å²) >= 11 is 5.82. The van der Waals surface area contributed by atoms with Gasteiger partial charge in [-0.05, 0) is 31.6 Å². The van der Waals surface area contributed by atoms with E-state index in [0.29, 0.717) is 5.56 Å². The first-order chi connectivity index (χ1) is 8.32. The van der Waals surface area contributed by atoms with Crippen molar-refractivity contribution in [3.05, 3.63) is 31.6 Å². The van der Waals surface area contributed by atoms with Gasteiger partial charge in [-0.25, -0.2) is 4.79 Å². The van der Waals surface area contributed by atoms with Crippen LogP contribution in [0.1, 0.15) is 51.1 Å². The average molecular weight is 271 g/mol. The van der Waals surface area contributed by atoms with E-state index in [4.69, 9.17) is 11.6 Å². The predicted molar refractivity (Wildman–Crippen MR) is 72.4 cm³/mol. The van der Waals surface area contributed by atoms with Crippen molar-refractivity contribution in [1.29, 1.82) is 0 Å². The number of nitrogens with one attached hydrogen (secondary N) is 1. The fraction of sp³-hybridized carbons (Fsp3) is 0.692. The molecule has 1 N–H and O–H groups in total. The zero-order valence-electron chi connectivity index (χ0n) is 11.0. The molecule has 0 saturated heterocycles. The van der Waals surface area contributed by atoms with Gasteiger partial charge in [0.15, 0.2) is 0 Å². The van der Waals surface area contributed by atoms with E-state index in [-0.39, 0.29) is 22.2 Å². The highest BCUT2D eigenvalue weighted by Gasteiger charge is 2.30. The van der Waals surface area contributed by atoms with Crippen LogP contribution in [-0.4, -0.2) is 9.55 Å². The van der Waals surface area contributed by atoms with Crippen molar-refractivity contribution in [2.75, 3.05) is 0 Å². The minimum absolute atomic E-state index is 0.0130. The average Bonchev–Trinajstić information content (AvgIpc) is 2.25. The molecule has 1 aliphatic rings. The molecule has 100 valence electrons. The first-order valence-electron chi connectivity index (χ1n) is 6.33. The number of rotatable bonds is 1. The summed E-state index contributed by atoms with van der Waals surface area (Å²) in [5.74, 6) is 0. The number of aromatic nitrogens is 2.